The van der Waals surface area contributed by atoms with Crippen LogP contribution in [0.3, 0.4) is 0 Å². The Morgan fingerprint density at radius 3 is 2.29 bits per heavy atom. The van der Waals surface area contributed by atoms with Gasteiger partial charge in [-0.1, -0.05) is 51.1 Å². The van der Waals surface area contributed by atoms with Crippen molar-refractivity contribution >= 4 is 26.7 Å². The number of sulfonamides is 1. The maximum Gasteiger partial charge on any atom is 0.261 e. The molecule has 0 unspecified atom stereocenters. The molecule has 5 aromatic rings. The van der Waals surface area contributed by atoms with Crippen LogP contribution in [-0.2, 0) is 15.4 Å². The van der Waals surface area contributed by atoms with Gasteiger partial charge in [0.25, 0.3) is 10.0 Å². The summed E-state index contributed by atoms with van der Waals surface area (Å²) in [5.74, 6) is 1.61. The lowest BCUT2D eigenvalue weighted by atomic mass is 9.97. The molecule has 0 atom stereocenters. The number of anilines is 1. The summed E-state index contributed by atoms with van der Waals surface area (Å²) in [4.78, 5) is 7.89. The lowest BCUT2D eigenvalue weighted by Crippen LogP contribution is -2.12. The molecule has 0 radical (unpaired) electrons. The SMILES string of the molecule is CC(C)(C)c1nnc(-c2ccc(NS(=O)(=O)c3ccc4nc(-c5ccccc5)[nH]c4c3)cc2)o1. The number of benzene rings is 3. The van der Waals surface area contributed by atoms with E-state index in [1.54, 1.807) is 42.5 Å². The third kappa shape index (κ3) is 4.29. The maximum atomic E-state index is 13.0. The zero-order chi connectivity index (χ0) is 23.9. The first kappa shape index (κ1) is 21.8. The topological polar surface area (TPSA) is 114 Å². The van der Waals surface area contributed by atoms with Crippen LogP contribution in [0.4, 0.5) is 5.69 Å². The van der Waals surface area contributed by atoms with Crippen molar-refractivity contribution in [3.05, 3.63) is 78.7 Å². The van der Waals surface area contributed by atoms with E-state index in [9.17, 15) is 8.42 Å². The Morgan fingerprint density at radius 1 is 0.882 bits per heavy atom. The molecule has 0 fully saturated rings. The molecular formula is C25H23N5O3S. The van der Waals surface area contributed by atoms with Crippen molar-refractivity contribution in [3.63, 3.8) is 0 Å². The zero-order valence-corrected chi connectivity index (χ0v) is 19.7. The first-order chi connectivity index (χ1) is 16.2. The van der Waals surface area contributed by atoms with Crippen LogP contribution >= 0.6 is 0 Å². The Hall–Kier alpha value is -3.98. The number of nitrogens with zero attached hydrogens (tertiary/aromatic N) is 3. The fraction of sp³-hybridized carbons (Fsp3) is 0.160. The van der Waals surface area contributed by atoms with Gasteiger partial charge in [-0.3, -0.25) is 4.72 Å². The second kappa shape index (κ2) is 8.11. The molecule has 9 heteroatoms. The van der Waals surface area contributed by atoms with Gasteiger partial charge in [-0.05, 0) is 42.5 Å². The molecule has 0 aliphatic heterocycles. The fourth-order valence-electron chi connectivity index (χ4n) is 3.43. The molecule has 2 N–H and O–H groups in total. The average molecular weight is 474 g/mol. The Balaban J connectivity index is 1.37. The van der Waals surface area contributed by atoms with Gasteiger partial charge in [-0.15, -0.1) is 10.2 Å². The van der Waals surface area contributed by atoms with Gasteiger partial charge in [0, 0.05) is 22.2 Å². The molecule has 0 aliphatic rings. The fourth-order valence-corrected chi connectivity index (χ4v) is 4.51. The minimum absolute atomic E-state index is 0.138. The number of aromatic nitrogens is 4. The summed E-state index contributed by atoms with van der Waals surface area (Å²) >= 11 is 0. The number of fused-ring (bicyclic) bond motifs is 1. The zero-order valence-electron chi connectivity index (χ0n) is 18.9. The van der Waals surface area contributed by atoms with E-state index in [4.69, 9.17) is 4.42 Å². The minimum atomic E-state index is -3.80. The Kier molecular flexibility index (Phi) is 5.21. The second-order valence-corrected chi connectivity index (χ2v) is 10.7. The molecule has 0 bridgehead atoms. The summed E-state index contributed by atoms with van der Waals surface area (Å²) in [5, 5.41) is 8.19. The molecule has 2 heterocycles. The number of H-pyrrole nitrogens is 1. The van der Waals surface area contributed by atoms with Gasteiger partial charge in [-0.25, -0.2) is 13.4 Å². The standard InChI is InChI=1S/C25H23N5O3S/c1-25(2,3)24-29-28-23(33-24)17-9-11-18(12-10-17)30-34(31,32)19-13-14-20-21(15-19)27-22(26-20)16-7-5-4-6-8-16/h4-15,30H,1-3H3,(H,26,27). The van der Waals surface area contributed by atoms with Gasteiger partial charge in [0.1, 0.15) is 5.82 Å². The van der Waals surface area contributed by atoms with E-state index in [1.807, 2.05) is 51.1 Å². The number of nitrogens with one attached hydrogen (secondary N) is 2. The number of rotatable bonds is 5. The highest BCUT2D eigenvalue weighted by atomic mass is 32.2. The summed E-state index contributed by atoms with van der Waals surface area (Å²) in [7, 11) is -3.80. The van der Waals surface area contributed by atoms with Crippen LogP contribution < -0.4 is 4.72 Å². The van der Waals surface area contributed by atoms with Crippen molar-refractivity contribution in [2.45, 2.75) is 31.1 Å². The molecule has 2 aromatic heterocycles. The summed E-state index contributed by atoms with van der Waals surface area (Å²) in [6.45, 7) is 5.97. The lowest BCUT2D eigenvalue weighted by Gasteiger charge is -2.11. The molecule has 172 valence electrons. The maximum absolute atomic E-state index is 13.0. The van der Waals surface area contributed by atoms with Crippen molar-refractivity contribution in [1.29, 1.82) is 0 Å². The third-order valence-corrected chi connectivity index (χ3v) is 6.64. The van der Waals surface area contributed by atoms with Crippen LogP contribution in [0.2, 0.25) is 0 Å². The molecule has 3 aromatic carbocycles. The van der Waals surface area contributed by atoms with Crippen LogP contribution in [0.25, 0.3) is 33.9 Å². The Labute approximate surface area is 197 Å². The van der Waals surface area contributed by atoms with Crippen molar-refractivity contribution in [2.75, 3.05) is 4.72 Å². The highest BCUT2D eigenvalue weighted by Gasteiger charge is 2.22. The van der Waals surface area contributed by atoms with E-state index in [0.29, 0.717) is 39.9 Å². The molecule has 34 heavy (non-hydrogen) atoms. The van der Waals surface area contributed by atoms with E-state index < -0.39 is 10.0 Å². The average Bonchev–Trinajstić information content (AvgIpc) is 3.47. The van der Waals surface area contributed by atoms with Crippen LogP contribution in [0.1, 0.15) is 26.7 Å². The molecule has 0 amide bonds. The van der Waals surface area contributed by atoms with Crippen LogP contribution in [0.5, 0.6) is 0 Å². The number of aromatic amines is 1. The van der Waals surface area contributed by atoms with E-state index in [1.165, 1.54) is 0 Å². The number of imidazole rings is 1. The van der Waals surface area contributed by atoms with Gasteiger partial charge >= 0.3 is 0 Å². The smallest absolute Gasteiger partial charge is 0.261 e. The normalized spacial score (nSPS) is 12.2. The molecule has 0 spiro atoms. The number of hydrogen-bond donors (Lipinski definition) is 2. The predicted octanol–water partition coefficient (Wildman–Crippen LogP) is 5.38. The van der Waals surface area contributed by atoms with E-state index in [2.05, 4.69) is 24.9 Å². The van der Waals surface area contributed by atoms with Crippen molar-refractivity contribution in [1.82, 2.24) is 20.2 Å². The molecule has 0 saturated carbocycles. The van der Waals surface area contributed by atoms with E-state index in [0.717, 1.165) is 5.56 Å². The first-order valence-corrected chi connectivity index (χ1v) is 12.2. The minimum Gasteiger partial charge on any atom is -0.420 e. The molecule has 0 aliphatic carbocycles. The largest absolute Gasteiger partial charge is 0.420 e. The highest BCUT2D eigenvalue weighted by Crippen LogP contribution is 2.27. The van der Waals surface area contributed by atoms with Crippen LogP contribution in [0.15, 0.2) is 82.1 Å². The Morgan fingerprint density at radius 2 is 1.62 bits per heavy atom. The van der Waals surface area contributed by atoms with Crippen LogP contribution in [-0.4, -0.2) is 28.6 Å². The van der Waals surface area contributed by atoms with Gasteiger partial charge < -0.3 is 9.40 Å². The monoisotopic (exact) mass is 473 g/mol. The second-order valence-electron chi connectivity index (χ2n) is 8.98. The van der Waals surface area contributed by atoms with Crippen molar-refractivity contribution < 1.29 is 12.8 Å². The summed E-state index contributed by atoms with van der Waals surface area (Å²) in [5.41, 5.74) is 3.14. The van der Waals surface area contributed by atoms with Gasteiger partial charge in [0.05, 0.1) is 15.9 Å². The highest BCUT2D eigenvalue weighted by molar-refractivity contribution is 7.92. The van der Waals surface area contributed by atoms with Crippen molar-refractivity contribution in [2.24, 2.45) is 0 Å². The number of hydrogen-bond acceptors (Lipinski definition) is 6. The van der Waals surface area contributed by atoms with Gasteiger partial charge in [0.2, 0.25) is 11.8 Å². The summed E-state index contributed by atoms with van der Waals surface area (Å²) in [6.07, 6.45) is 0. The quantitative estimate of drug-likeness (QED) is 0.354. The van der Waals surface area contributed by atoms with Crippen LogP contribution in [0, 0.1) is 0 Å². The predicted molar refractivity (Wildman–Crippen MR) is 131 cm³/mol. The molecule has 5 rings (SSSR count). The lowest BCUT2D eigenvalue weighted by molar-refractivity contribution is 0.399. The molecular weight excluding hydrogens is 450 g/mol. The van der Waals surface area contributed by atoms with Gasteiger partial charge in [0.15, 0.2) is 0 Å². The van der Waals surface area contributed by atoms with Crippen molar-refractivity contribution in [3.8, 4) is 22.8 Å². The van der Waals surface area contributed by atoms with E-state index >= 15 is 0 Å². The van der Waals surface area contributed by atoms with Gasteiger partial charge in [-0.2, -0.15) is 0 Å². The Bertz CT molecular complexity index is 1560. The third-order valence-electron chi connectivity index (χ3n) is 5.26. The summed E-state index contributed by atoms with van der Waals surface area (Å²) in [6, 6.07) is 21.3. The first-order valence-electron chi connectivity index (χ1n) is 10.7. The summed E-state index contributed by atoms with van der Waals surface area (Å²) < 4.78 is 34.4. The molecule has 8 nitrogen and oxygen atoms in total. The van der Waals surface area contributed by atoms with E-state index in [-0.39, 0.29) is 10.3 Å². The molecule has 0 saturated heterocycles.